The van der Waals surface area contributed by atoms with Crippen molar-refractivity contribution in [1.82, 2.24) is 0 Å². The molecule has 0 saturated heterocycles. The molecule has 0 heterocycles. The van der Waals surface area contributed by atoms with Crippen LogP contribution in [0.15, 0.2) is 24.3 Å². The number of benzene rings is 1. The smallest absolute Gasteiger partial charge is 0.121 e. The zero-order valence-corrected chi connectivity index (χ0v) is 7.40. The van der Waals surface area contributed by atoms with E-state index in [0.717, 1.165) is 5.75 Å². The predicted molar refractivity (Wildman–Crippen MR) is 37.7 cm³/mol. The molecular formula is C8H10CrO. The molecule has 1 aromatic rings. The molecule has 0 saturated carbocycles. The van der Waals surface area contributed by atoms with Crippen molar-refractivity contribution in [2.75, 3.05) is 7.11 Å². The molecule has 0 radical (unpaired) electrons. The Labute approximate surface area is 72.1 Å². The SMILES string of the molecule is COc1ccccc1C.[Cr]. The van der Waals surface area contributed by atoms with Crippen molar-refractivity contribution >= 4 is 0 Å². The Hall–Kier alpha value is -0.448. The second-order valence-corrected chi connectivity index (χ2v) is 1.97. The van der Waals surface area contributed by atoms with Gasteiger partial charge in [-0.15, -0.1) is 0 Å². The van der Waals surface area contributed by atoms with E-state index in [0.29, 0.717) is 0 Å². The average Bonchev–Trinajstić information content (AvgIpc) is 1.89. The van der Waals surface area contributed by atoms with Crippen LogP contribution in [-0.4, -0.2) is 7.11 Å². The summed E-state index contributed by atoms with van der Waals surface area (Å²) >= 11 is 0. The van der Waals surface area contributed by atoms with Gasteiger partial charge in [0.25, 0.3) is 0 Å². The van der Waals surface area contributed by atoms with Crippen molar-refractivity contribution in [2.24, 2.45) is 0 Å². The number of aryl methyl sites for hydroxylation is 1. The van der Waals surface area contributed by atoms with Gasteiger partial charge in [-0.2, -0.15) is 0 Å². The van der Waals surface area contributed by atoms with Crippen molar-refractivity contribution in [1.29, 1.82) is 0 Å². The summed E-state index contributed by atoms with van der Waals surface area (Å²) in [5.74, 6) is 0.956. The first kappa shape index (κ1) is 9.55. The number of hydrogen-bond acceptors (Lipinski definition) is 1. The van der Waals surface area contributed by atoms with Crippen molar-refractivity contribution in [2.45, 2.75) is 6.92 Å². The topological polar surface area (TPSA) is 9.23 Å². The third-order valence-electron chi connectivity index (χ3n) is 1.31. The number of rotatable bonds is 1. The first-order valence-electron chi connectivity index (χ1n) is 2.94. The Morgan fingerprint density at radius 1 is 1.20 bits per heavy atom. The number of ether oxygens (including phenoxy) is 1. The normalized spacial score (nSPS) is 8.20. The second-order valence-electron chi connectivity index (χ2n) is 1.97. The zero-order valence-electron chi connectivity index (χ0n) is 6.13. The Morgan fingerprint density at radius 2 is 1.80 bits per heavy atom. The molecule has 10 heavy (non-hydrogen) atoms. The largest absolute Gasteiger partial charge is 0.496 e. The summed E-state index contributed by atoms with van der Waals surface area (Å²) in [5.41, 5.74) is 1.18. The van der Waals surface area contributed by atoms with Gasteiger partial charge >= 0.3 is 0 Å². The van der Waals surface area contributed by atoms with Gasteiger partial charge in [-0.05, 0) is 18.6 Å². The van der Waals surface area contributed by atoms with Gasteiger partial charge in [-0.1, -0.05) is 18.2 Å². The predicted octanol–water partition coefficient (Wildman–Crippen LogP) is 2.00. The Bertz CT molecular complexity index is 198. The first-order valence-corrected chi connectivity index (χ1v) is 2.94. The minimum Gasteiger partial charge on any atom is -0.496 e. The third-order valence-corrected chi connectivity index (χ3v) is 1.31. The minimum absolute atomic E-state index is 0. The maximum absolute atomic E-state index is 5.04. The van der Waals surface area contributed by atoms with E-state index in [-0.39, 0.29) is 17.4 Å². The molecule has 1 rings (SSSR count). The molecular weight excluding hydrogens is 164 g/mol. The molecule has 2 heteroatoms. The molecule has 0 N–H and O–H groups in total. The van der Waals surface area contributed by atoms with Crippen molar-refractivity contribution in [3.05, 3.63) is 29.8 Å². The van der Waals surface area contributed by atoms with E-state index in [1.807, 2.05) is 31.2 Å². The van der Waals surface area contributed by atoms with Crippen LogP contribution in [-0.2, 0) is 17.4 Å². The van der Waals surface area contributed by atoms with Crippen LogP contribution in [0.25, 0.3) is 0 Å². The number of para-hydroxylation sites is 1. The van der Waals surface area contributed by atoms with Gasteiger partial charge in [-0.25, -0.2) is 0 Å². The van der Waals surface area contributed by atoms with Crippen LogP contribution in [0, 0.1) is 6.92 Å². The maximum Gasteiger partial charge on any atom is 0.121 e. The van der Waals surface area contributed by atoms with E-state index in [1.54, 1.807) is 7.11 Å². The summed E-state index contributed by atoms with van der Waals surface area (Å²) in [4.78, 5) is 0. The van der Waals surface area contributed by atoms with Crippen LogP contribution in [0.5, 0.6) is 5.75 Å². The standard InChI is InChI=1S/C8H10O.Cr/c1-7-5-3-4-6-8(7)9-2;/h3-6H,1-2H3;. The average molecular weight is 174 g/mol. The molecule has 0 aromatic heterocycles. The summed E-state index contributed by atoms with van der Waals surface area (Å²) in [6, 6.07) is 7.94. The summed E-state index contributed by atoms with van der Waals surface area (Å²) in [6.45, 7) is 2.03. The van der Waals surface area contributed by atoms with Crippen LogP contribution in [0.3, 0.4) is 0 Å². The molecule has 0 bridgehead atoms. The molecule has 54 valence electrons. The van der Waals surface area contributed by atoms with E-state index in [2.05, 4.69) is 0 Å². The number of hydrogen-bond donors (Lipinski definition) is 0. The van der Waals surface area contributed by atoms with E-state index in [1.165, 1.54) is 5.56 Å². The molecule has 0 fully saturated rings. The molecule has 0 amide bonds. The fourth-order valence-electron chi connectivity index (χ4n) is 0.785. The Balaban J connectivity index is 0.000000810. The van der Waals surface area contributed by atoms with E-state index in [4.69, 9.17) is 4.74 Å². The fraction of sp³-hybridized carbons (Fsp3) is 0.250. The first-order chi connectivity index (χ1) is 4.34. The molecule has 0 spiro atoms. The van der Waals surface area contributed by atoms with Crippen LogP contribution in [0.1, 0.15) is 5.56 Å². The van der Waals surface area contributed by atoms with Crippen LogP contribution < -0.4 is 4.74 Å². The molecule has 1 nitrogen and oxygen atoms in total. The van der Waals surface area contributed by atoms with Crippen LogP contribution >= 0.6 is 0 Å². The summed E-state index contributed by atoms with van der Waals surface area (Å²) in [6.07, 6.45) is 0. The fourth-order valence-corrected chi connectivity index (χ4v) is 0.785. The van der Waals surface area contributed by atoms with Gasteiger partial charge < -0.3 is 4.74 Å². The summed E-state index contributed by atoms with van der Waals surface area (Å²) in [7, 11) is 1.68. The third kappa shape index (κ3) is 2.06. The van der Waals surface area contributed by atoms with Gasteiger partial charge in [0.05, 0.1) is 7.11 Å². The van der Waals surface area contributed by atoms with Crippen molar-refractivity contribution in [3.8, 4) is 5.75 Å². The molecule has 0 atom stereocenters. The molecule has 0 aliphatic rings. The molecule has 0 aliphatic carbocycles. The zero-order chi connectivity index (χ0) is 6.69. The van der Waals surface area contributed by atoms with Gasteiger partial charge in [0.15, 0.2) is 0 Å². The van der Waals surface area contributed by atoms with E-state index >= 15 is 0 Å². The van der Waals surface area contributed by atoms with E-state index < -0.39 is 0 Å². The molecule has 0 aliphatic heterocycles. The minimum atomic E-state index is 0. The van der Waals surface area contributed by atoms with E-state index in [9.17, 15) is 0 Å². The quantitative estimate of drug-likeness (QED) is 0.632. The van der Waals surface area contributed by atoms with Gasteiger partial charge in [0, 0.05) is 17.4 Å². The summed E-state index contributed by atoms with van der Waals surface area (Å²) in [5, 5.41) is 0. The molecule has 1 aromatic carbocycles. The second kappa shape index (κ2) is 4.38. The Kier molecular flexibility index (Phi) is 4.18. The van der Waals surface area contributed by atoms with Crippen LogP contribution in [0.2, 0.25) is 0 Å². The number of methoxy groups -OCH3 is 1. The monoisotopic (exact) mass is 174 g/mol. The summed E-state index contributed by atoms with van der Waals surface area (Å²) < 4.78 is 5.04. The maximum atomic E-state index is 5.04. The van der Waals surface area contributed by atoms with Crippen molar-refractivity contribution < 1.29 is 22.1 Å². The van der Waals surface area contributed by atoms with Gasteiger partial charge in [0.2, 0.25) is 0 Å². The van der Waals surface area contributed by atoms with Crippen LogP contribution in [0.4, 0.5) is 0 Å². The van der Waals surface area contributed by atoms with Gasteiger partial charge in [-0.3, -0.25) is 0 Å². The Morgan fingerprint density at radius 3 is 2.20 bits per heavy atom. The van der Waals surface area contributed by atoms with Gasteiger partial charge in [0.1, 0.15) is 5.75 Å². The molecule has 0 unspecified atom stereocenters. The van der Waals surface area contributed by atoms with Crippen molar-refractivity contribution in [3.63, 3.8) is 0 Å².